The first-order chi connectivity index (χ1) is 9.70. The number of halogens is 1. The van der Waals surface area contributed by atoms with E-state index in [9.17, 15) is 0 Å². The number of hydrogen-bond acceptors (Lipinski definition) is 1. The Bertz CT molecular complexity index is 536. The van der Waals surface area contributed by atoms with Gasteiger partial charge in [0.05, 0.1) is 6.04 Å². The molecule has 0 aromatic heterocycles. The Morgan fingerprint density at radius 1 is 1.10 bits per heavy atom. The standard InChI is InChI=1S/C18H22BrN/c1-3-4-10-17(15-8-6-5-7-9-15)20-18-12-11-14(2)13-16(18)19/h5-9,11-13,17,20H,3-4,10H2,1-2H3. The molecule has 0 heterocycles. The molecule has 2 heteroatoms. The average molecular weight is 332 g/mol. The quantitative estimate of drug-likeness (QED) is 0.674. The van der Waals surface area contributed by atoms with Crippen LogP contribution in [0.3, 0.4) is 0 Å². The van der Waals surface area contributed by atoms with Crippen LogP contribution in [0.15, 0.2) is 53.0 Å². The molecule has 0 amide bonds. The van der Waals surface area contributed by atoms with Gasteiger partial charge in [-0.3, -0.25) is 0 Å². The maximum atomic E-state index is 3.68. The van der Waals surface area contributed by atoms with Crippen LogP contribution in [-0.4, -0.2) is 0 Å². The number of rotatable bonds is 6. The van der Waals surface area contributed by atoms with Crippen molar-refractivity contribution < 1.29 is 0 Å². The Kier molecular flexibility index (Phi) is 5.66. The van der Waals surface area contributed by atoms with E-state index in [1.807, 2.05) is 0 Å². The molecular weight excluding hydrogens is 310 g/mol. The van der Waals surface area contributed by atoms with Crippen LogP contribution in [0.25, 0.3) is 0 Å². The van der Waals surface area contributed by atoms with E-state index in [2.05, 4.69) is 83.6 Å². The van der Waals surface area contributed by atoms with Gasteiger partial charge in [-0.05, 0) is 52.5 Å². The molecule has 0 fully saturated rings. The zero-order valence-corrected chi connectivity index (χ0v) is 13.8. The van der Waals surface area contributed by atoms with Gasteiger partial charge in [0.15, 0.2) is 0 Å². The van der Waals surface area contributed by atoms with E-state index < -0.39 is 0 Å². The zero-order chi connectivity index (χ0) is 14.4. The van der Waals surface area contributed by atoms with Gasteiger partial charge in [0.1, 0.15) is 0 Å². The SMILES string of the molecule is CCCCC(Nc1ccc(C)cc1Br)c1ccccc1. The van der Waals surface area contributed by atoms with Gasteiger partial charge in [0.25, 0.3) is 0 Å². The van der Waals surface area contributed by atoms with E-state index in [1.165, 1.54) is 29.7 Å². The third-order valence-electron chi connectivity index (χ3n) is 3.50. The first kappa shape index (κ1) is 15.1. The van der Waals surface area contributed by atoms with Crippen LogP contribution in [0.5, 0.6) is 0 Å². The molecule has 0 saturated heterocycles. The largest absolute Gasteiger partial charge is 0.377 e. The molecule has 20 heavy (non-hydrogen) atoms. The molecule has 2 rings (SSSR count). The predicted octanol–water partition coefficient (Wildman–Crippen LogP) is 6.10. The fourth-order valence-corrected chi connectivity index (χ4v) is 2.95. The second kappa shape index (κ2) is 7.49. The topological polar surface area (TPSA) is 12.0 Å². The molecule has 0 aliphatic carbocycles. The van der Waals surface area contributed by atoms with Crippen LogP contribution in [0.1, 0.15) is 43.4 Å². The average Bonchev–Trinajstić information content (AvgIpc) is 2.46. The third kappa shape index (κ3) is 4.11. The van der Waals surface area contributed by atoms with Gasteiger partial charge >= 0.3 is 0 Å². The number of hydrogen-bond donors (Lipinski definition) is 1. The molecule has 0 spiro atoms. The molecule has 106 valence electrons. The smallest absolute Gasteiger partial charge is 0.0514 e. The molecule has 1 nitrogen and oxygen atoms in total. The minimum Gasteiger partial charge on any atom is -0.377 e. The number of benzene rings is 2. The molecule has 0 saturated carbocycles. The summed E-state index contributed by atoms with van der Waals surface area (Å²) in [5.41, 5.74) is 3.79. The van der Waals surface area contributed by atoms with Crippen LogP contribution in [0.2, 0.25) is 0 Å². The lowest BCUT2D eigenvalue weighted by molar-refractivity contribution is 0.634. The molecule has 1 N–H and O–H groups in total. The predicted molar refractivity (Wildman–Crippen MR) is 91.2 cm³/mol. The van der Waals surface area contributed by atoms with Gasteiger partial charge in [0, 0.05) is 10.2 Å². The van der Waals surface area contributed by atoms with E-state index in [-0.39, 0.29) is 0 Å². The van der Waals surface area contributed by atoms with E-state index in [4.69, 9.17) is 0 Å². The van der Waals surface area contributed by atoms with Crippen molar-refractivity contribution in [2.45, 2.75) is 39.2 Å². The molecule has 2 aromatic carbocycles. The molecule has 2 aromatic rings. The maximum absolute atomic E-state index is 3.68. The summed E-state index contributed by atoms with van der Waals surface area (Å²) in [6.45, 7) is 4.35. The molecule has 1 atom stereocenters. The summed E-state index contributed by atoms with van der Waals surface area (Å²) in [6, 6.07) is 17.5. The normalized spacial score (nSPS) is 12.2. The number of nitrogens with one attached hydrogen (secondary N) is 1. The van der Waals surface area contributed by atoms with Crippen molar-refractivity contribution in [3.8, 4) is 0 Å². The van der Waals surface area contributed by atoms with E-state index in [0.29, 0.717) is 6.04 Å². The van der Waals surface area contributed by atoms with Crippen LogP contribution >= 0.6 is 15.9 Å². The van der Waals surface area contributed by atoms with Gasteiger partial charge in [-0.25, -0.2) is 0 Å². The van der Waals surface area contributed by atoms with Crippen molar-refractivity contribution in [2.24, 2.45) is 0 Å². The van der Waals surface area contributed by atoms with Crippen LogP contribution < -0.4 is 5.32 Å². The second-order valence-corrected chi connectivity index (χ2v) is 6.09. The fourth-order valence-electron chi connectivity index (χ4n) is 2.34. The summed E-state index contributed by atoms with van der Waals surface area (Å²) in [7, 11) is 0. The lowest BCUT2D eigenvalue weighted by Crippen LogP contribution is -2.11. The molecule has 0 bridgehead atoms. The van der Waals surface area contributed by atoms with E-state index in [0.717, 1.165) is 10.9 Å². The van der Waals surface area contributed by atoms with Gasteiger partial charge in [-0.2, -0.15) is 0 Å². The highest BCUT2D eigenvalue weighted by molar-refractivity contribution is 9.10. The Labute approximate surface area is 130 Å². The third-order valence-corrected chi connectivity index (χ3v) is 4.16. The van der Waals surface area contributed by atoms with E-state index >= 15 is 0 Å². The first-order valence-corrected chi connectivity index (χ1v) is 8.07. The Hall–Kier alpha value is -1.28. The lowest BCUT2D eigenvalue weighted by atomic mass is 10.0. The van der Waals surface area contributed by atoms with Crippen molar-refractivity contribution >= 4 is 21.6 Å². The van der Waals surface area contributed by atoms with Crippen LogP contribution in [0.4, 0.5) is 5.69 Å². The van der Waals surface area contributed by atoms with Crippen molar-refractivity contribution in [1.82, 2.24) is 0 Å². The van der Waals surface area contributed by atoms with Crippen LogP contribution in [0, 0.1) is 6.92 Å². The van der Waals surface area contributed by atoms with Gasteiger partial charge in [0.2, 0.25) is 0 Å². The molecular formula is C18H22BrN. The summed E-state index contributed by atoms with van der Waals surface area (Å²) in [6.07, 6.45) is 3.61. The van der Waals surface area contributed by atoms with Crippen molar-refractivity contribution in [2.75, 3.05) is 5.32 Å². The highest BCUT2D eigenvalue weighted by Crippen LogP contribution is 2.30. The molecule has 0 aliphatic rings. The summed E-state index contributed by atoms with van der Waals surface area (Å²) in [5.74, 6) is 0. The fraction of sp³-hybridized carbons (Fsp3) is 0.333. The molecule has 0 aliphatic heterocycles. The number of unbranched alkanes of at least 4 members (excludes halogenated alkanes) is 1. The minimum absolute atomic E-state index is 0.371. The van der Waals surface area contributed by atoms with Gasteiger partial charge in [-0.1, -0.05) is 56.2 Å². The first-order valence-electron chi connectivity index (χ1n) is 7.28. The van der Waals surface area contributed by atoms with Crippen LogP contribution in [-0.2, 0) is 0 Å². The summed E-state index contributed by atoms with van der Waals surface area (Å²) >= 11 is 3.65. The summed E-state index contributed by atoms with van der Waals surface area (Å²) < 4.78 is 1.13. The number of aryl methyl sites for hydroxylation is 1. The van der Waals surface area contributed by atoms with Crippen molar-refractivity contribution in [1.29, 1.82) is 0 Å². The Morgan fingerprint density at radius 3 is 2.50 bits per heavy atom. The van der Waals surface area contributed by atoms with E-state index in [1.54, 1.807) is 0 Å². The Balaban J connectivity index is 2.19. The molecule has 1 unspecified atom stereocenters. The zero-order valence-electron chi connectivity index (χ0n) is 12.2. The maximum Gasteiger partial charge on any atom is 0.0514 e. The lowest BCUT2D eigenvalue weighted by Gasteiger charge is -2.21. The molecule has 0 radical (unpaired) electrons. The van der Waals surface area contributed by atoms with Crippen molar-refractivity contribution in [3.63, 3.8) is 0 Å². The summed E-state index contributed by atoms with van der Waals surface area (Å²) in [4.78, 5) is 0. The highest BCUT2D eigenvalue weighted by atomic mass is 79.9. The van der Waals surface area contributed by atoms with Gasteiger partial charge in [-0.15, -0.1) is 0 Å². The number of anilines is 1. The van der Waals surface area contributed by atoms with Gasteiger partial charge < -0.3 is 5.32 Å². The Morgan fingerprint density at radius 2 is 1.85 bits per heavy atom. The summed E-state index contributed by atoms with van der Waals surface area (Å²) in [5, 5.41) is 3.68. The minimum atomic E-state index is 0.371. The monoisotopic (exact) mass is 331 g/mol. The second-order valence-electron chi connectivity index (χ2n) is 5.23. The van der Waals surface area contributed by atoms with Crippen molar-refractivity contribution in [3.05, 3.63) is 64.1 Å². The highest BCUT2D eigenvalue weighted by Gasteiger charge is 2.12.